The van der Waals surface area contributed by atoms with Gasteiger partial charge in [-0.1, -0.05) is 66.2 Å². The molecule has 0 aliphatic heterocycles. The molecule has 0 unspecified atom stereocenters. The number of carbonyl (C=O) groups excluding carboxylic acids is 1. The van der Waals surface area contributed by atoms with Crippen LogP contribution >= 0.6 is 11.6 Å². The van der Waals surface area contributed by atoms with Crippen molar-refractivity contribution in [2.45, 2.75) is 13.5 Å². The molecule has 1 N–H and O–H groups in total. The molecule has 0 spiro atoms. The van der Waals surface area contributed by atoms with E-state index in [1.165, 1.54) is 0 Å². The first kappa shape index (κ1) is 20.5. The van der Waals surface area contributed by atoms with Crippen molar-refractivity contribution in [2.75, 3.05) is 11.9 Å². The Morgan fingerprint density at radius 2 is 1.66 bits per heavy atom. The zero-order chi connectivity index (χ0) is 20.5. The Hall–Kier alpha value is -3.24. The molecule has 0 saturated carbocycles. The maximum absolute atomic E-state index is 12.5. The lowest BCUT2D eigenvalue weighted by atomic mass is 10.1. The molecule has 0 amide bonds. The second kappa shape index (κ2) is 10.3. The third-order valence-electron chi connectivity index (χ3n) is 4.15. The van der Waals surface area contributed by atoms with E-state index in [2.05, 4.69) is 5.32 Å². The highest BCUT2D eigenvalue weighted by Crippen LogP contribution is 2.24. The lowest BCUT2D eigenvalue weighted by molar-refractivity contribution is -0.136. The fourth-order valence-electron chi connectivity index (χ4n) is 2.67. The van der Waals surface area contributed by atoms with Gasteiger partial charge in [0, 0.05) is 6.20 Å². The molecule has 5 heteroatoms. The Morgan fingerprint density at radius 1 is 0.966 bits per heavy atom. The smallest absolute Gasteiger partial charge is 0.340 e. The number of hydrogen-bond donors (Lipinski definition) is 1. The van der Waals surface area contributed by atoms with Crippen LogP contribution in [0, 0.1) is 0 Å². The lowest BCUT2D eigenvalue weighted by Gasteiger charge is -2.11. The summed E-state index contributed by atoms with van der Waals surface area (Å²) in [5.41, 5.74) is 2.92. The van der Waals surface area contributed by atoms with E-state index < -0.39 is 5.97 Å². The molecule has 0 saturated heterocycles. The van der Waals surface area contributed by atoms with Crippen molar-refractivity contribution in [1.82, 2.24) is 0 Å². The second-order valence-corrected chi connectivity index (χ2v) is 6.61. The quantitative estimate of drug-likeness (QED) is 0.371. The number of halogens is 1. The summed E-state index contributed by atoms with van der Waals surface area (Å²) in [7, 11) is 0. The predicted octanol–water partition coefficient (Wildman–Crippen LogP) is 5.94. The Balaban J connectivity index is 1.75. The zero-order valence-corrected chi connectivity index (χ0v) is 16.9. The molecule has 3 aromatic carbocycles. The summed E-state index contributed by atoms with van der Waals surface area (Å²) in [6, 6.07) is 24.6. The molecule has 29 heavy (non-hydrogen) atoms. The van der Waals surface area contributed by atoms with Gasteiger partial charge in [-0.25, -0.2) is 4.79 Å². The summed E-state index contributed by atoms with van der Waals surface area (Å²) in [6.45, 7) is 2.55. The standard InChI is InChI=1S/C24H22ClNO3/c1-2-28-24(27)21(16-26-23-11-7-6-10-22(23)25)19-12-14-20(15-13-19)29-17-18-8-4-3-5-9-18/h3-16,26H,2,17H2,1H3/b21-16+. The number of carbonyl (C=O) groups is 1. The maximum Gasteiger partial charge on any atom is 0.340 e. The number of esters is 1. The zero-order valence-electron chi connectivity index (χ0n) is 16.1. The van der Waals surface area contributed by atoms with Crippen LogP contribution in [0.1, 0.15) is 18.1 Å². The molecule has 0 aromatic heterocycles. The van der Waals surface area contributed by atoms with Gasteiger partial charge in [-0.15, -0.1) is 0 Å². The number of ether oxygens (including phenoxy) is 2. The van der Waals surface area contributed by atoms with Crippen LogP contribution in [0.3, 0.4) is 0 Å². The number of nitrogens with one attached hydrogen (secondary N) is 1. The molecular formula is C24H22ClNO3. The average molecular weight is 408 g/mol. The first-order chi connectivity index (χ1) is 14.2. The van der Waals surface area contributed by atoms with Crippen LogP contribution in [0.2, 0.25) is 5.02 Å². The number of para-hydroxylation sites is 1. The van der Waals surface area contributed by atoms with E-state index in [1.54, 1.807) is 19.2 Å². The highest BCUT2D eigenvalue weighted by atomic mass is 35.5. The van der Waals surface area contributed by atoms with Crippen LogP contribution in [0.5, 0.6) is 5.75 Å². The van der Waals surface area contributed by atoms with Crippen molar-refractivity contribution in [3.63, 3.8) is 0 Å². The van der Waals surface area contributed by atoms with Gasteiger partial charge in [-0.3, -0.25) is 0 Å². The van der Waals surface area contributed by atoms with Crippen LogP contribution in [-0.2, 0) is 16.1 Å². The van der Waals surface area contributed by atoms with Crippen molar-refractivity contribution < 1.29 is 14.3 Å². The molecule has 0 fully saturated rings. The molecule has 3 rings (SSSR count). The van der Waals surface area contributed by atoms with Crippen LogP contribution in [0.25, 0.3) is 5.57 Å². The number of hydrogen-bond acceptors (Lipinski definition) is 4. The molecular weight excluding hydrogens is 386 g/mol. The van der Waals surface area contributed by atoms with Gasteiger partial charge >= 0.3 is 5.97 Å². The Labute approximate surface area is 175 Å². The van der Waals surface area contributed by atoms with Gasteiger partial charge < -0.3 is 14.8 Å². The van der Waals surface area contributed by atoms with Gasteiger partial charge in [0.1, 0.15) is 12.4 Å². The summed E-state index contributed by atoms with van der Waals surface area (Å²) in [4.78, 5) is 12.5. The van der Waals surface area contributed by atoms with E-state index in [0.717, 1.165) is 16.9 Å². The Kier molecular flexibility index (Phi) is 7.31. The Bertz CT molecular complexity index is 969. The molecule has 4 nitrogen and oxygen atoms in total. The highest BCUT2D eigenvalue weighted by Gasteiger charge is 2.14. The number of benzene rings is 3. The number of rotatable bonds is 8. The Morgan fingerprint density at radius 3 is 2.34 bits per heavy atom. The minimum atomic E-state index is -0.412. The van der Waals surface area contributed by atoms with E-state index in [1.807, 2.05) is 72.8 Å². The van der Waals surface area contributed by atoms with Crippen LogP contribution in [0.15, 0.2) is 85.1 Å². The van der Waals surface area contributed by atoms with Gasteiger partial charge in [-0.2, -0.15) is 0 Å². The average Bonchev–Trinajstić information content (AvgIpc) is 2.75. The van der Waals surface area contributed by atoms with Crippen molar-refractivity contribution in [1.29, 1.82) is 0 Å². The minimum absolute atomic E-state index is 0.292. The topological polar surface area (TPSA) is 47.6 Å². The van der Waals surface area contributed by atoms with E-state index >= 15 is 0 Å². The summed E-state index contributed by atoms with van der Waals surface area (Å²) in [6.07, 6.45) is 1.61. The van der Waals surface area contributed by atoms with Gasteiger partial charge in [0.2, 0.25) is 0 Å². The molecule has 0 bridgehead atoms. The lowest BCUT2D eigenvalue weighted by Crippen LogP contribution is -2.08. The summed E-state index contributed by atoms with van der Waals surface area (Å²) in [5.74, 6) is 0.310. The summed E-state index contributed by atoms with van der Waals surface area (Å²) < 4.78 is 11.0. The minimum Gasteiger partial charge on any atom is -0.489 e. The molecule has 0 atom stereocenters. The molecule has 148 valence electrons. The van der Waals surface area contributed by atoms with Crippen LogP contribution in [0.4, 0.5) is 5.69 Å². The van der Waals surface area contributed by atoms with E-state index in [9.17, 15) is 4.79 Å². The fraction of sp³-hybridized carbons (Fsp3) is 0.125. The third-order valence-corrected chi connectivity index (χ3v) is 4.48. The van der Waals surface area contributed by atoms with Crippen molar-refractivity contribution in [3.8, 4) is 5.75 Å². The summed E-state index contributed by atoms with van der Waals surface area (Å²) >= 11 is 6.18. The maximum atomic E-state index is 12.5. The van der Waals surface area contributed by atoms with Gasteiger partial charge in [-0.05, 0) is 42.3 Å². The number of anilines is 1. The van der Waals surface area contributed by atoms with Crippen LogP contribution in [-0.4, -0.2) is 12.6 Å². The molecule has 3 aromatic rings. The van der Waals surface area contributed by atoms with Crippen molar-refractivity contribution in [2.24, 2.45) is 0 Å². The molecule has 0 aliphatic rings. The third kappa shape index (κ3) is 5.87. The molecule has 0 heterocycles. The van der Waals surface area contributed by atoms with Crippen molar-refractivity contribution >= 4 is 28.8 Å². The largest absolute Gasteiger partial charge is 0.489 e. The normalized spacial score (nSPS) is 11.0. The van der Waals surface area contributed by atoms with Gasteiger partial charge in [0.05, 0.1) is 22.9 Å². The van der Waals surface area contributed by atoms with E-state index in [0.29, 0.717) is 29.5 Å². The van der Waals surface area contributed by atoms with Gasteiger partial charge in [0.15, 0.2) is 0 Å². The van der Waals surface area contributed by atoms with Gasteiger partial charge in [0.25, 0.3) is 0 Å². The first-order valence-electron chi connectivity index (χ1n) is 9.33. The molecule has 0 aliphatic carbocycles. The fourth-order valence-corrected chi connectivity index (χ4v) is 2.86. The van der Waals surface area contributed by atoms with E-state index in [-0.39, 0.29) is 0 Å². The molecule has 0 radical (unpaired) electrons. The van der Waals surface area contributed by atoms with E-state index in [4.69, 9.17) is 21.1 Å². The summed E-state index contributed by atoms with van der Waals surface area (Å²) in [5, 5.41) is 3.65. The van der Waals surface area contributed by atoms with Crippen LogP contribution < -0.4 is 10.1 Å². The SMILES string of the molecule is CCOC(=O)/C(=C/Nc1ccccc1Cl)c1ccc(OCc2ccccc2)cc1. The second-order valence-electron chi connectivity index (χ2n) is 6.20. The monoisotopic (exact) mass is 407 g/mol. The first-order valence-corrected chi connectivity index (χ1v) is 9.70. The van der Waals surface area contributed by atoms with Crippen molar-refractivity contribution in [3.05, 3.63) is 101 Å². The predicted molar refractivity (Wildman–Crippen MR) is 117 cm³/mol. The highest BCUT2D eigenvalue weighted by molar-refractivity contribution is 6.33.